The average Bonchev–Trinajstić information content (AvgIpc) is 2.54. The lowest BCUT2D eigenvalue weighted by atomic mass is 10.1. The van der Waals surface area contributed by atoms with Crippen LogP contribution in [0.4, 0.5) is 5.69 Å². The third-order valence-electron chi connectivity index (χ3n) is 3.68. The Balaban J connectivity index is 2.31. The number of nitro benzene ring substituents is 1. The van der Waals surface area contributed by atoms with Crippen molar-refractivity contribution >= 4 is 17.6 Å². The molecule has 2 rings (SSSR count). The molecule has 0 N–H and O–H groups in total. The maximum absolute atomic E-state index is 12.5. The van der Waals surface area contributed by atoms with E-state index >= 15 is 0 Å². The number of ether oxygens (including phenoxy) is 1. The lowest BCUT2D eigenvalue weighted by molar-refractivity contribution is -0.384. The first-order valence-corrected chi connectivity index (χ1v) is 7.36. The number of carbonyl (C=O) groups is 2. The summed E-state index contributed by atoms with van der Waals surface area (Å²) in [6, 6.07) is 3.67. The van der Waals surface area contributed by atoms with Crippen LogP contribution >= 0.6 is 0 Å². The van der Waals surface area contributed by atoms with Crippen LogP contribution in [0.5, 0.6) is 0 Å². The second kappa shape index (κ2) is 7.19. The molecule has 1 amide bonds. The number of rotatable bonds is 4. The van der Waals surface area contributed by atoms with Crippen LogP contribution in [0.2, 0.25) is 0 Å². The molecule has 1 heterocycles. The summed E-state index contributed by atoms with van der Waals surface area (Å²) < 4.78 is 4.86. The molecule has 0 bridgehead atoms. The van der Waals surface area contributed by atoms with E-state index < -0.39 is 10.9 Å². The lowest BCUT2D eigenvalue weighted by Gasteiger charge is -2.32. The predicted molar refractivity (Wildman–Crippen MR) is 82.5 cm³/mol. The molecule has 1 aliphatic rings. The van der Waals surface area contributed by atoms with E-state index in [4.69, 9.17) is 4.74 Å². The largest absolute Gasteiger partial charge is 0.462 e. The van der Waals surface area contributed by atoms with Crippen LogP contribution in [0.15, 0.2) is 18.2 Å². The van der Waals surface area contributed by atoms with Gasteiger partial charge in [0.1, 0.15) is 0 Å². The van der Waals surface area contributed by atoms with E-state index in [0.29, 0.717) is 13.1 Å². The van der Waals surface area contributed by atoms with Crippen LogP contribution in [-0.4, -0.2) is 66.4 Å². The van der Waals surface area contributed by atoms with Gasteiger partial charge in [-0.15, -0.1) is 0 Å². The SMILES string of the molecule is CCOC(=O)c1cc(C(=O)N2CCN(C)CC2)cc([N+](=O)[O-])c1. The summed E-state index contributed by atoms with van der Waals surface area (Å²) in [5.74, 6) is -0.990. The topological polar surface area (TPSA) is 93.0 Å². The smallest absolute Gasteiger partial charge is 0.338 e. The summed E-state index contributed by atoms with van der Waals surface area (Å²) in [5.41, 5.74) is -0.154. The highest BCUT2D eigenvalue weighted by molar-refractivity contribution is 5.99. The molecular weight excluding hydrogens is 302 g/mol. The van der Waals surface area contributed by atoms with Crippen molar-refractivity contribution in [3.8, 4) is 0 Å². The molecule has 0 aromatic heterocycles. The maximum Gasteiger partial charge on any atom is 0.338 e. The molecule has 1 aliphatic heterocycles. The number of amides is 1. The van der Waals surface area contributed by atoms with Gasteiger partial charge in [0.05, 0.1) is 17.1 Å². The van der Waals surface area contributed by atoms with Crippen molar-refractivity contribution in [1.29, 1.82) is 0 Å². The number of non-ortho nitro benzene ring substituents is 1. The number of hydrogen-bond donors (Lipinski definition) is 0. The molecule has 1 fully saturated rings. The van der Waals surface area contributed by atoms with Gasteiger partial charge < -0.3 is 14.5 Å². The number of likely N-dealkylation sites (N-methyl/N-ethyl adjacent to an activating group) is 1. The van der Waals surface area contributed by atoms with Gasteiger partial charge in [0.25, 0.3) is 11.6 Å². The van der Waals surface area contributed by atoms with Crippen molar-refractivity contribution in [2.45, 2.75) is 6.92 Å². The van der Waals surface area contributed by atoms with Gasteiger partial charge in [0, 0.05) is 43.9 Å². The first-order chi connectivity index (χ1) is 10.9. The van der Waals surface area contributed by atoms with Gasteiger partial charge in [-0.2, -0.15) is 0 Å². The molecule has 0 atom stereocenters. The number of benzene rings is 1. The van der Waals surface area contributed by atoms with Crippen LogP contribution in [0, 0.1) is 10.1 Å². The van der Waals surface area contributed by atoms with Crippen molar-refractivity contribution in [1.82, 2.24) is 9.80 Å². The Bertz CT molecular complexity index is 624. The van der Waals surface area contributed by atoms with E-state index in [1.54, 1.807) is 11.8 Å². The molecule has 0 aliphatic carbocycles. The summed E-state index contributed by atoms with van der Waals surface area (Å²) in [4.78, 5) is 38.5. The average molecular weight is 321 g/mol. The molecule has 8 heteroatoms. The highest BCUT2D eigenvalue weighted by Crippen LogP contribution is 2.20. The summed E-state index contributed by atoms with van der Waals surface area (Å²) >= 11 is 0. The normalized spacial score (nSPS) is 15.3. The van der Waals surface area contributed by atoms with Gasteiger partial charge in [0.15, 0.2) is 0 Å². The molecule has 0 unspecified atom stereocenters. The second-order valence-corrected chi connectivity index (χ2v) is 5.34. The quantitative estimate of drug-likeness (QED) is 0.469. The predicted octanol–water partition coefficient (Wildman–Crippen LogP) is 1.16. The van der Waals surface area contributed by atoms with Crippen LogP contribution in [0.3, 0.4) is 0 Å². The van der Waals surface area contributed by atoms with E-state index in [1.165, 1.54) is 12.1 Å². The minimum absolute atomic E-state index is 0.0125. The lowest BCUT2D eigenvalue weighted by Crippen LogP contribution is -2.47. The van der Waals surface area contributed by atoms with Crippen molar-refractivity contribution in [3.05, 3.63) is 39.4 Å². The molecule has 0 radical (unpaired) electrons. The fourth-order valence-electron chi connectivity index (χ4n) is 2.36. The van der Waals surface area contributed by atoms with E-state index in [0.717, 1.165) is 19.2 Å². The monoisotopic (exact) mass is 321 g/mol. The highest BCUT2D eigenvalue weighted by atomic mass is 16.6. The van der Waals surface area contributed by atoms with Gasteiger partial charge in [0.2, 0.25) is 0 Å². The maximum atomic E-state index is 12.5. The van der Waals surface area contributed by atoms with Crippen LogP contribution in [-0.2, 0) is 4.74 Å². The standard InChI is InChI=1S/C15H19N3O5/c1-3-23-15(20)12-8-11(9-13(10-12)18(21)22)14(19)17-6-4-16(2)5-7-17/h8-10H,3-7H2,1-2H3. The fraction of sp³-hybridized carbons (Fsp3) is 0.467. The molecule has 0 spiro atoms. The molecule has 1 aromatic carbocycles. The van der Waals surface area contributed by atoms with Crippen molar-refractivity contribution in [2.24, 2.45) is 0 Å². The fourth-order valence-corrected chi connectivity index (χ4v) is 2.36. The van der Waals surface area contributed by atoms with Gasteiger partial charge in [-0.25, -0.2) is 4.79 Å². The number of piperazine rings is 1. The van der Waals surface area contributed by atoms with Crippen LogP contribution in [0.1, 0.15) is 27.6 Å². The summed E-state index contributed by atoms with van der Waals surface area (Å²) in [6.45, 7) is 4.38. The molecule has 124 valence electrons. The van der Waals surface area contributed by atoms with Crippen molar-refractivity contribution in [2.75, 3.05) is 39.8 Å². The third-order valence-corrected chi connectivity index (χ3v) is 3.68. The van der Waals surface area contributed by atoms with Gasteiger partial charge >= 0.3 is 5.97 Å². The molecule has 1 saturated heterocycles. The van der Waals surface area contributed by atoms with E-state index in [1.807, 2.05) is 7.05 Å². The zero-order chi connectivity index (χ0) is 17.0. The Kier molecular flexibility index (Phi) is 5.28. The Hall–Kier alpha value is -2.48. The zero-order valence-electron chi connectivity index (χ0n) is 13.2. The van der Waals surface area contributed by atoms with Gasteiger partial charge in [-0.3, -0.25) is 14.9 Å². The van der Waals surface area contributed by atoms with Crippen molar-refractivity contribution in [3.63, 3.8) is 0 Å². The Labute approximate surface area is 133 Å². The first kappa shape index (κ1) is 16.9. The molecular formula is C15H19N3O5. The number of nitro groups is 1. The van der Waals surface area contributed by atoms with Gasteiger partial charge in [-0.1, -0.05) is 0 Å². The molecule has 1 aromatic rings. The highest BCUT2D eigenvalue weighted by Gasteiger charge is 2.24. The Morgan fingerprint density at radius 3 is 2.35 bits per heavy atom. The molecule has 0 saturated carbocycles. The third kappa shape index (κ3) is 4.04. The minimum Gasteiger partial charge on any atom is -0.462 e. The number of hydrogen-bond acceptors (Lipinski definition) is 6. The Morgan fingerprint density at radius 1 is 1.17 bits per heavy atom. The summed E-state index contributed by atoms with van der Waals surface area (Å²) in [6.07, 6.45) is 0. The summed E-state index contributed by atoms with van der Waals surface area (Å²) in [5, 5.41) is 11.0. The van der Waals surface area contributed by atoms with Crippen LogP contribution < -0.4 is 0 Å². The Morgan fingerprint density at radius 2 is 1.78 bits per heavy atom. The zero-order valence-corrected chi connectivity index (χ0v) is 13.2. The second-order valence-electron chi connectivity index (χ2n) is 5.34. The number of carbonyl (C=O) groups excluding carboxylic acids is 2. The molecule has 8 nitrogen and oxygen atoms in total. The minimum atomic E-state index is -0.677. The van der Waals surface area contributed by atoms with Crippen molar-refractivity contribution < 1.29 is 19.2 Å². The summed E-state index contributed by atoms with van der Waals surface area (Å²) in [7, 11) is 1.97. The first-order valence-electron chi connectivity index (χ1n) is 7.36. The number of nitrogens with zero attached hydrogens (tertiary/aromatic N) is 3. The van der Waals surface area contributed by atoms with E-state index in [2.05, 4.69) is 4.90 Å². The number of esters is 1. The van der Waals surface area contributed by atoms with Crippen LogP contribution in [0.25, 0.3) is 0 Å². The van der Waals surface area contributed by atoms with E-state index in [-0.39, 0.29) is 29.3 Å². The van der Waals surface area contributed by atoms with Gasteiger partial charge in [-0.05, 0) is 20.0 Å². The molecule has 23 heavy (non-hydrogen) atoms. The van der Waals surface area contributed by atoms with E-state index in [9.17, 15) is 19.7 Å².